The van der Waals surface area contributed by atoms with Gasteiger partial charge in [-0.1, -0.05) is 32.0 Å². The predicted molar refractivity (Wildman–Crippen MR) is 80.7 cm³/mol. The third kappa shape index (κ3) is 4.47. The van der Waals surface area contributed by atoms with E-state index in [4.69, 9.17) is 0 Å². The summed E-state index contributed by atoms with van der Waals surface area (Å²) in [5.74, 6) is 0.518. The number of nitrogens with zero attached hydrogens (tertiary/aromatic N) is 2. The highest BCUT2D eigenvalue weighted by Gasteiger charge is 2.07. The zero-order valence-electron chi connectivity index (χ0n) is 12.2. The van der Waals surface area contributed by atoms with Crippen LogP contribution in [-0.2, 0) is 6.54 Å². The summed E-state index contributed by atoms with van der Waals surface area (Å²) in [6.07, 6.45) is 2.49. The average Bonchev–Trinajstić information content (AvgIpc) is 2.88. The van der Waals surface area contributed by atoms with Gasteiger partial charge < -0.3 is 10.4 Å². The maximum absolute atomic E-state index is 9.79. The molecule has 1 atom stereocenters. The van der Waals surface area contributed by atoms with Crippen LogP contribution in [0.15, 0.2) is 42.6 Å². The molecule has 0 bridgehead atoms. The molecule has 0 amide bonds. The van der Waals surface area contributed by atoms with E-state index in [0.29, 0.717) is 19.0 Å². The first-order valence-corrected chi connectivity index (χ1v) is 7.14. The lowest BCUT2D eigenvalue weighted by atomic mass is 10.1. The fourth-order valence-corrected chi connectivity index (χ4v) is 2.17. The van der Waals surface area contributed by atoms with Crippen LogP contribution in [0.25, 0.3) is 5.69 Å². The van der Waals surface area contributed by atoms with Crippen LogP contribution in [0.4, 0.5) is 0 Å². The molecule has 1 heterocycles. The van der Waals surface area contributed by atoms with Crippen molar-refractivity contribution in [3.8, 4) is 5.69 Å². The van der Waals surface area contributed by atoms with Crippen molar-refractivity contribution in [2.24, 2.45) is 5.92 Å². The second-order valence-electron chi connectivity index (χ2n) is 5.50. The summed E-state index contributed by atoms with van der Waals surface area (Å²) >= 11 is 0. The molecule has 2 N–H and O–H groups in total. The lowest BCUT2D eigenvalue weighted by molar-refractivity contribution is 0.146. The van der Waals surface area contributed by atoms with Crippen LogP contribution in [0.3, 0.4) is 0 Å². The van der Waals surface area contributed by atoms with Gasteiger partial charge >= 0.3 is 0 Å². The molecule has 0 radical (unpaired) electrons. The molecular weight excluding hydrogens is 250 g/mol. The first kappa shape index (κ1) is 14.8. The van der Waals surface area contributed by atoms with Gasteiger partial charge in [-0.05, 0) is 30.5 Å². The van der Waals surface area contributed by atoms with E-state index >= 15 is 0 Å². The summed E-state index contributed by atoms with van der Waals surface area (Å²) in [6.45, 7) is 5.51. The van der Waals surface area contributed by atoms with Crippen molar-refractivity contribution in [2.75, 3.05) is 6.54 Å². The van der Waals surface area contributed by atoms with E-state index in [2.05, 4.69) is 24.3 Å². The van der Waals surface area contributed by atoms with Gasteiger partial charge in [0.05, 0.1) is 17.5 Å². The van der Waals surface area contributed by atoms with Crippen molar-refractivity contribution >= 4 is 0 Å². The second-order valence-corrected chi connectivity index (χ2v) is 5.50. The van der Waals surface area contributed by atoms with E-state index in [9.17, 15) is 5.11 Å². The summed E-state index contributed by atoms with van der Waals surface area (Å²) in [6, 6.07) is 12.0. The van der Waals surface area contributed by atoms with Gasteiger partial charge in [0.2, 0.25) is 0 Å². The van der Waals surface area contributed by atoms with Gasteiger partial charge in [-0.2, -0.15) is 5.10 Å². The number of benzene rings is 1. The van der Waals surface area contributed by atoms with Crippen LogP contribution in [0.1, 0.15) is 26.0 Å². The van der Waals surface area contributed by atoms with E-state index < -0.39 is 0 Å². The average molecular weight is 273 g/mol. The number of aromatic nitrogens is 2. The summed E-state index contributed by atoms with van der Waals surface area (Å²) in [5, 5.41) is 17.5. The SMILES string of the molecule is CC(C)CC(O)CNCc1ccn(-c2ccccc2)n1. The van der Waals surface area contributed by atoms with Crippen molar-refractivity contribution in [1.82, 2.24) is 15.1 Å². The monoisotopic (exact) mass is 273 g/mol. The third-order valence-corrected chi connectivity index (χ3v) is 3.09. The minimum absolute atomic E-state index is 0.286. The van der Waals surface area contributed by atoms with Crippen molar-refractivity contribution in [2.45, 2.75) is 32.9 Å². The van der Waals surface area contributed by atoms with Crippen molar-refractivity contribution in [3.63, 3.8) is 0 Å². The van der Waals surface area contributed by atoms with Crippen LogP contribution >= 0.6 is 0 Å². The molecule has 0 aliphatic carbocycles. The van der Waals surface area contributed by atoms with Gasteiger partial charge in [0.15, 0.2) is 0 Å². The molecule has 1 aromatic carbocycles. The van der Waals surface area contributed by atoms with Crippen LogP contribution in [0.5, 0.6) is 0 Å². The molecule has 0 saturated carbocycles. The molecular formula is C16H23N3O. The molecule has 4 heteroatoms. The number of aliphatic hydroxyl groups excluding tert-OH is 1. The van der Waals surface area contributed by atoms with E-state index in [1.54, 1.807) is 0 Å². The summed E-state index contributed by atoms with van der Waals surface area (Å²) < 4.78 is 1.86. The summed E-state index contributed by atoms with van der Waals surface area (Å²) in [7, 11) is 0. The van der Waals surface area contributed by atoms with Crippen LogP contribution < -0.4 is 5.32 Å². The zero-order valence-corrected chi connectivity index (χ0v) is 12.2. The summed E-state index contributed by atoms with van der Waals surface area (Å²) in [4.78, 5) is 0. The molecule has 0 saturated heterocycles. The van der Waals surface area contributed by atoms with E-state index in [1.807, 2.05) is 47.3 Å². The first-order valence-electron chi connectivity index (χ1n) is 7.14. The Morgan fingerprint density at radius 1 is 1.20 bits per heavy atom. The Hall–Kier alpha value is -1.65. The Labute approximate surface area is 120 Å². The molecule has 1 aromatic heterocycles. The molecule has 20 heavy (non-hydrogen) atoms. The fraction of sp³-hybridized carbons (Fsp3) is 0.438. The lowest BCUT2D eigenvalue weighted by Crippen LogP contribution is -2.27. The Morgan fingerprint density at radius 3 is 2.65 bits per heavy atom. The van der Waals surface area contributed by atoms with Crippen molar-refractivity contribution in [3.05, 3.63) is 48.3 Å². The van der Waals surface area contributed by atoms with Gasteiger partial charge in [0.1, 0.15) is 0 Å². The first-order chi connectivity index (χ1) is 9.65. The van der Waals surface area contributed by atoms with Gasteiger partial charge in [-0.25, -0.2) is 4.68 Å². The highest BCUT2D eigenvalue weighted by Crippen LogP contribution is 2.07. The normalized spacial score (nSPS) is 12.8. The molecule has 108 valence electrons. The number of nitrogens with one attached hydrogen (secondary N) is 1. The van der Waals surface area contributed by atoms with Gasteiger partial charge in [0.25, 0.3) is 0 Å². The molecule has 4 nitrogen and oxygen atoms in total. The molecule has 2 rings (SSSR count). The standard InChI is InChI=1S/C16H23N3O/c1-13(2)10-16(20)12-17-11-14-8-9-19(18-14)15-6-4-3-5-7-15/h3-9,13,16-17,20H,10-12H2,1-2H3. The summed E-state index contributed by atoms with van der Waals surface area (Å²) in [5.41, 5.74) is 2.03. The second kappa shape index (κ2) is 7.22. The van der Waals surface area contributed by atoms with E-state index in [1.165, 1.54) is 0 Å². The molecule has 2 aromatic rings. The van der Waals surface area contributed by atoms with Crippen LogP contribution in [-0.4, -0.2) is 27.5 Å². The van der Waals surface area contributed by atoms with Crippen LogP contribution in [0.2, 0.25) is 0 Å². The molecule has 0 spiro atoms. The highest BCUT2D eigenvalue weighted by atomic mass is 16.3. The smallest absolute Gasteiger partial charge is 0.0766 e. The minimum Gasteiger partial charge on any atom is -0.392 e. The quantitative estimate of drug-likeness (QED) is 0.814. The van der Waals surface area contributed by atoms with Gasteiger partial charge in [-0.3, -0.25) is 0 Å². The van der Waals surface area contributed by atoms with E-state index in [-0.39, 0.29) is 6.10 Å². The zero-order chi connectivity index (χ0) is 14.4. The minimum atomic E-state index is -0.286. The van der Waals surface area contributed by atoms with Gasteiger partial charge in [-0.15, -0.1) is 0 Å². The predicted octanol–water partition coefficient (Wildman–Crippen LogP) is 2.37. The lowest BCUT2D eigenvalue weighted by Gasteiger charge is -2.13. The molecule has 1 unspecified atom stereocenters. The van der Waals surface area contributed by atoms with Gasteiger partial charge in [0, 0.05) is 19.3 Å². The number of hydrogen-bond donors (Lipinski definition) is 2. The number of rotatable bonds is 7. The maximum Gasteiger partial charge on any atom is 0.0766 e. The van der Waals surface area contributed by atoms with Crippen LogP contribution in [0, 0.1) is 5.92 Å². The largest absolute Gasteiger partial charge is 0.392 e. The Balaban J connectivity index is 1.82. The number of aliphatic hydroxyl groups is 1. The van der Waals surface area contributed by atoms with E-state index in [0.717, 1.165) is 17.8 Å². The Bertz CT molecular complexity index is 507. The third-order valence-electron chi connectivity index (χ3n) is 3.09. The Kier molecular flexibility index (Phi) is 5.32. The topological polar surface area (TPSA) is 50.1 Å². The Morgan fingerprint density at radius 2 is 1.95 bits per heavy atom. The maximum atomic E-state index is 9.79. The van der Waals surface area contributed by atoms with Crippen molar-refractivity contribution in [1.29, 1.82) is 0 Å². The molecule has 0 aliphatic heterocycles. The van der Waals surface area contributed by atoms with Crippen molar-refractivity contribution < 1.29 is 5.11 Å². The fourth-order valence-electron chi connectivity index (χ4n) is 2.17. The molecule has 0 fully saturated rings. The molecule has 0 aliphatic rings. The number of hydrogen-bond acceptors (Lipinski definition) is 3. The highest BCUT2D eigenvalue weighted by molar-refractivity contribution is 5.30. The number of para-hydroxylation sites is 1.